The Balaban J connectivity index is 1.77. The molecule has 2 aromatic carbocycles. The van der Waals surface area contributed by atoms with Crippen molar-refractivity contribution >= 4 is 49.3 Å². The first-order chi connectivity index (χ1) is 16.7. The van der Waals surface area contributed by atoms with Gasteiger partial charge in [0.15, 0.2) is 6.20 Å². The molecular weight excluding hydrogens is 466 g/mol. The second-order valence-electron chi connectivity index (χ2n) is 8.33. The third kappa shape index (κ3) is 5.40. The second-order valence-corrected chi connectivity index (χ2v) is 9.85. The third-order valence-electron chi connectivity index (χ3n) is 5.69. The topological polar surface area (TPSA) is 118 Å². The summed E-state index contributed by atoms with van der Waals surface area (Å²) in [6, 6.07) is 18.6. The maximum Gasteiger partial charge on any atom is 0.343 e. The summed E-state index contributed by atoms with van der Waals surface area (Å²) in [5.41, 5.74) is 2.76. The lowest BCUT2D eigenvalue weighted by Gasteiger charge is -2.12. The van der Waals surface area contributed by atoms with E-state index in [1.807, 2.05) is 60.0 Å². The highest BCUT2D eigenvalue weighted by molar-refractivity contribution is 7.85. The van der Waals surface area contributed by atoms with Crippen LogP contribution in [0, 0.1) is 11.3 Å². The van der Waals surface area contributed by atoms with Crippen LogP contribution < -0.4 is 15.1 Å². The van der Waals surface area contributed by atoms with E-state index in [1.165, 1.54) is 6.08 Å². The Morgan fingerprint density at radius 1 is 1.17 bits per heavy atom. The molecule has 178 valence electrons. The van der Waals surface area contributed by atoms with Gasteiger partial charge in [-0.2, -0.15) is 9.83 Å². The van der Waals surface area contributed by atoms with Crippen molar-refractivity contribution < 1.29 is 22.0 Å². The largest absolute Gasteiger partial charge is 0.748 e. The minimum atomic E-state index is -4.29. The summed E-state index contributed by atoms with van der Waals surface area (Å²) in [4.78, 5) is 14.6. The molecule has 0 bridgehead atoms. The van der Waals surface area contributed by atoms with Crippen LogP contribution in [-0.2, 0) is 16.7 Å². The number of nitrogens with zero attached hydrogens (tertiary/aromatic N) is 3. The first kappa shape index (κ1) is 24.1. The number of aromatic nitrogens is 1. The molecule has 0 saturated heterocycles. The fourth-order valence-corrected chi connectivity index (χ4v) is 4.43. The number of para-hydroxylation sites is 1. The molecule has 0 aliphatic rings. The highest BCUT2D eigenvalue weighted by Crippen LogP contribution is 2.26. The van der Waals surface area contributed by atoms with Gasteiger partial charge in [0.1, 0.15) is 12.1 Å². The fraction of sp³-hybridized carbons (Fsp3) is 0.192. The van der Waals surface area contributed by atoms with Crippen LogP contribution in [0.15, 0.2) is 70.0 Å². The Kier molecular flexibility index (Phi) is 6.69. The number of pyridine rings is 1. The van der Waals surface area contributed by atoms with Crippen molar-refractivity contribution in [1.29, 1.82) is 5.26 Å². The number of allylic oxidation sites excluding steroid dienone is 1. The molecular formula is C26H23N3O5S. The lowest BCUT2D eigenvalue weighted by atomic mass is 10.00. The van der Waals surface area contributed by atoms with Gasteiger partial charge in [0.25, 0.3) is 0 Å². The zero-order valence-corrected chi connectivity index (χ0v) is 20.1. The minimum Gasteiger partial charge on any atom is -0.748 e. The van der Waals surface area contributed by atoms with Gasteiger partial charge >= 0.3 is 5.63 Å². The SMILES string of the molecule is CN(C)c1ccc2cc(/C=C(\C#N)c3cc[n+](CCCS(=O)(=O)[O-])c4ccccc34)c(=O)oc2c1. The highest BCUT2D eigenvalue weighted by atomic mass is 32.2. The molecule has 0 spiro atoms. The smallest absolute Gasteiger partial charge is 0.343 e. The highest BCUT2D eigenvalue weighted by Gasteiger charge is 2.16. The van der Waals surface area contributed by atoms with Crippen LogP contribution in [0.4, 0.5) is 5.69 Å². The summed E-state index contributed by atoms with van der Waals surface area (Å²) in [6.07, 6.45) is 3.43. The molecule has 0 aliphatic heterocycles. The molecule has 35 heavy (non-hydrogen) atoms. The maximum atomic E-state index is 12.7. The normalized spacial score (nSPS) is 12.1. The molecule has 4 aromatic rings. The van der Waals surface area contributed by atoms with E-state index in [-0.39, 0.29) is 17.6 Å². The van der Waals surface area contributed by atoms with E-state index in [1.54, 1.807) is 24.4 Å². The number of aryl methyl sites for hydroxylation is 1. The first-order valence-electron chi connectivity index (χ1n) is 10.9. The monoisotopic (exact) mass is 489 g/mol. The van der Waals surface area contributed by atoms with Gasteiger partial charge < -0.3 is 13.9 Å². The van der Waals surface area contributed by atoms with Crippen molar-refractivity contribution in [2.45, 2.75) is 13.0 Å². The molecule has 0 fully saturated rings. The van der Waals surface area contributed by atoms with Crippen molar-refractivity contribution in [2.75, 3.05) is 24.7 Å². The second kappa shape index (κ2) is 9.70. The molecule has 0 unspecified atom stereocenters. The zero-order chi connectivity index (χ0) is 25.2. The maximum absolute atomic E-state index is 12.7. The lowest BCUT2D eigenvalue weighted by Crippen LogP contribution is -2.35. The average Bonchev–Trinajstić information content (AvgIpc) is 2.82. The van der Waals surface area contributed by atoms with Crippen LogP contribution in [0.3, 0.4) is 0 Å². The van der Waals surface area contributed by atoms with Crippen LogP contribution in [0.2, 0.25) is 0 Å². The summed E-state index contributed by atoms with van der Waals surface area (Å²) in [5.74, 6) is -0.451. The Morgan fingerprint density at radius 3 is 2.66 bits per heavy atom. The summed E-state index contributed by atoms with van der Waals surface area (Å²) in [7, 11) is -0.495. The van der Waals surface area contributed by atoms with Crippen LogP contribution in [0.25, 0.3) is 33.5 Å². The molecule has 0 atom stereocenters. The van der Waals surface area contributed by atoms with Gasteiger partial charge in [-0.3, -0.25) is 0 Å². The van der Waals surface area contributed by atoms with E-state index in [2.05, 4.69) is 6.07 Å². The Hall–Kier alpha value is -4.00. The summed E-state index contributed by atoms with van der Waals surface area (Å²) < 4.78 is 40.2. The predicted octanol–water partition coefficient (Wildman–Crippen LogP) is 3.30. The van der Waals surface area contributed by atoms with E-state index >= 15 is 0 Å². The summed E-state index contributed by atoms with van der Waals surface area (Å²) in [5, 5.41) is 11.4. The van der Waals surface area contributed by atoms with E-state index in [0.717, 1.165) is 22.0 Å². The standard InChI is InChI=1S/C26H23N3O5S/c1-28(2)21-9-8-18-14-19(26(30)34-25(18)16-21)15-20(17-27)22-10-12-29(11-5-13-35(31,32)33)24-7-4-3-6-23(22)24/h3-4,6-10,12,14-16H,5,11,13H2,1-2H3. The summed E-state index contributed by atoms with van der Waals surface area (Å²) in [6.45, 7) is 0.330. The van der Waals surface area contributed by atoms with Gasteiger partial charge in [-0.1, -0.05) is 12.1 Å². The van der Waals surface area contributed by atoms with Gasteiger partial charge in [0.05, 0.1) is 32.7 Å². The Morgan fingerprint density at radius 2 is 1.94 bits per heavy atom. The quantitative estimate of drug-likeness (QED) is 0.169. The van der Waals surface area contributed by atoms with Gasteiger partial charge in [-0.15, -0.1) is 0 Å². The number of hydrogen-bond donors (Lipinski definition) is 0. The van der Waals surface area contributed by atoms with Crippen LogP contribution in [-0.4, -0.2) is 32.8 Å². The third-order valence-corrected chi connectivity index (χ3v) is 6.48. The molecule has 9 heteroatoms. The lowest BCUT2D eigenvalue weighted by molar-refractivity contribution is -0.671. The number of fused-ring (bicyclic) bond motifs is 2. The van der Waals surface area contributed by atoms with Crippen molar-refractivity contribution in [3.05, 3.63) is 82.3 Å². The average molecular weight is 490 g/mol. The Labute approximate surface area is 202 Å². The molecule has 2 aromatic heterocycles. The zero-order valence-electron chi connectivity index (χ0n) is 19.3. The number of rotatable bonds is 7. The number of anilines is 1. The molecule has 0 radical (unpaired) electrons. The summed E-state index contributed by atoms with van der Waals surface area (Å²) >= 11 is 0. The molecule has 0 aliphatic carbocycles. The fourth-order valence-electron chi connectivity index (χ4n) is 3.95. The number of benzene rings is 2. The molecule has 4 rings (SSSR count). The minimum absolute atomic E-state index is 0.175. The van der Waals surface area contributed by atoms with Crippen molar-refractivity contribution in [1.82, 2.24) is 0 Å². The van der Waals surface area contributed by atoms with Crippen LogP contribution in [0.5, 0.6) is 0 Å². The molecule has 0 N–H and O–H groups in total. The van der Waals surface area contributed by atoms with Crippen molar-refractivity contribution in [3.63, 3.8) is 0 Å². The molecule has 2 heterocycles. The Bertz CT molecular complexity index is 1660. The van der Waals surface area contributed by atoms with E-state index in [9.17, 15) is 23.0 Å². The molecule has 0 saturated carbocycles. The van der Waals surface area contributed by atoms with Gasteiger partial charge in [0, 0.05) is 61.1 Å². The van der Waals surface area contributed by atoms with Gasteiger partial charge in [-0.05, 0) is 30.3 Å². The number of nitriles is 1. The molecule has 0 amide bonds. The predicted molar refractivity (Wildman–Crippen MR) is 134 cm³/mol. The first-order valence-corrected chi connectivity index (χ1v) is 12.5. The van der Waals surface area contributed by atoms with Crippen LogP contribution >= 0.6 is 0 Å². The molecule has 8 nitrogen and oxygen atoms in total. The van der Waals surface area contributed by atoms with Crippen molar-refractivity contribution in [3.8, 4) is 6.07 Å². The van der Waals surface area contributed by atoms with Gasteiger partial charge in [0.2, 0.25) is 5.52 Å². The van der Waals surface area contributed by atoms with E-state index < -0.39 is 21.5 Å². The number of hydrogen-bond acceptors (Lipinski definition) is 7. The van der Waals surface area contributed by atoms with Gasteiger partial charge in [-0.25, -0.2) is 13.2 Å². The van der Waals surface area contributed by atoms with E-state index in [4.69, 9.17) is 4.42 Å². The van der Waals surface area contributed by atoms with Crippen LogP contribution in [0.1, 0.15) is 17.5 Å². The van der Waals surface area contributed by atoms with Crippen molar-refractivity contribution in [2.24, 2.45) is 0 Å². The van der Waals surface area contributed by atoms with E-state index in [0.29, 0.717) is 17.7 Å².